The molecule has 1 aromatic heterocycles. The Kier molecular flexibility index (Phi) is 5.66. The maximum absolute atomic E-state index is 12.9. The van der Waals surface area contributed by atoms with Gasteiger partial charge in [0.05, 0.1) is 5.69 Å². The van der Waals surface area contributed by atoms with Crippen molar-refractivity contribution in [2.75, 3.05) is 33.2 Å². The van der Waals surface area contributed by atoms with Gasteiger partial charge in [-0.1, -0.05) is 44.2 Å². The SMILES string of the molecule is CC(C)Cn1nc(-c2ccccc2)cc(CN2CCN(C)CC2)c1=O. The highest BCUT2D eigenvalue weighted by Gasteiger charge is 2.17. The fourth-order valence-electron chi connectivity index (χ4n) is 3.18. The summed E-state index contributed by atoms with van der Waals surface area (Å²) in [5, 5.41) is 4.63. The Labute approximate surface area is 149 Å². The van der Waals surface area contributed by atoms with E-state index < -0.39 is 0 Å². The van der Waals surface area contributed by atoms with Gasteiger partial charge >= 0.3 is 0 Å². The molecule has 0 bridgehead atoms. The minimum Gasteiger partial charge on any atom is -0.304 e. The van der Waals surface area contributed by atoms with E-state index in [0.717, 1.165) is 43.0 Å². The molecule has 2 heterocycles. The van der Waals surface area contributed by atoms with Gasteiger partial charge in [0.25, 0.3) is 5.56 Å². The van der Waals surface area contributed by atoms with Gasteiger partial charge in [0.1, 0.15) is 0 Å². The number of likely N-dealkylation sites (N-methyl/N-ethyl adjacent to an activating group) is 1. The summed E-state index contributed by atoms with van der Waals surface area (Å²) in [6, 6.07) is 12.1. The number of piperazine rings is 1. The highest BCUT2D eigenvalue weighted by molar-refractivity contribution is 5.58. The van der Waals surface area contributed by atoms with Gasteiger partial charge in [-0.05, 0) is 19.0 Å². The van der Waals surface area contributed by atoms with E-state index in [1.807, 2.05) is 36.4 Å². The Balaban J connectivity index is 1.93. The number of aromatic nitrogens is 2. The molecule has 3 rings (SSSR count). The Morgan fingerprint density at radius 3 is 2.40 bits per heavy atom. The van der Waals surface area contributed by atoms with E-state index in [0.29, 0.717) is 19.0 Å². The zero-order chi connectivity index (χ0) is 17.8. The largest absolute Gasteiger partial charge is 0.304 e. The Hall–Kier alpha value is -1.98. The van der Waals surface area contributed by atoms with E-state index in [1.54, 1.807) is 4.68 Å². The molecule has 5 heteroatoms. The minimum atomic E-state index is 0.0484. The summed E-state index contributed by atoms with van der Waals surface area (Å²) >= 11 is 0. The van der Waals surface area contributed by atoms with Crippen LogP contribution < -0.4 is 5.56 Å². The lowest BCUT2D eigenvalue weighted by atomic mass is 10.1. The highest BCUT2D eigenvalue weighted by Crippen LogP contribution is 2.17. The van der Waals surface area contributed by atoms with Crippen LogP contribution in [0.25, 0.3) is 11.3 Å². The zero-order valence-corrected chi connectivity index (χ0v) is 15.5. The Morgan fingerprint density at radius 2 is 1.76 bits per heavy atom. The molecule has 0 atom stereocenters. The van der Waals surface area contributed by atoms with Gasteiger partial charge in [-0.15, -0.1) is 0 Å². The molecule has 0 saturated carbocycles. The summed E-state index contributed by atoms with van der Waals surface area (Å²) in [6.45, 7) is 9.69. The maximum atomic E-state index is 12.9. The van der Waals surface area contributed by atoms with Crippen LogP contribution in [-0.2, 0) is 13.1 Å². The van der Waals surface area contributed by atoms with Gasteiger partial charge in [0.15, 0.2) is 0 Å². The van der Waals surface area contributed by atoms with Crippen LogP contribution in [0.3, 0.4) is 0 Å². The third-order valence-electron chi connectivity index (χ3n) is 4.65. The molecule has 134 valence electrons. The summed E-state index contributed by atoms with van der Waals surface area (Å²) in [6.07, 6.45) is 0. The average molecular weight is 340 g/mol. The monoisotopic (exact) mass is 340 g/mol. The van der Waals surface area contributed by atoms with Gasteiger partial charge in [0, 0.05) is 50.4 Å². The van der Waals surface area contributed by atoms with Crippen LogP contribution in [0, 0.1) is 5.92 Å². The lowest BCUT2D eigenvalue weighted by molar-refractivity contribution is 0.147. The fraction of sp³-hybridized carbons (Fsp3) is 0.500. The molecular weight excluding hydrogens is 312 g/mol. The molecule has 1 saturated heterocycles. The number of rotatable bonds is 5. The van der Waals surface area contributed by atoms with Crippen LogP contribution >= 0.6 is 0 Å². The summed E-state index contributed by atoms with van der Waals surface area (Å²) in [5.74, 6) is 0.382. The molecule has 0 spiro atoms. The second kappa shape index (κ2) is 7.93. The molecule has 0 N–H and O–H groups in total. The van der Waals surface area contributed by atoms with E-state index in [4.69, 9.17) is 0 Å². The van der Waals surface area contributed by atoms with Crippen LogP contribution in [0.1, 0.15) is 19.4 Å². The van der Waals surface area contributed by atoms with Crippen molar-refractivity contribution in [3.63, 3.8) is 0 Å². The predicted octanol–water partition coefficient (Wildman–Crippen LogP) is 2.31. The van der Waals surface area contributed by atoms with Gasteiger partial charge < -0.3 is 4.90 Å². The molecule has 0 radical (unpaired) electrons. The minimum absolute atomic E-state index is 0.0484. The number of nitrogens with zero attached hydrogens (tertiary/aromatic N) is 4. The molecular formula is C20H28N4O. The van der Waals surface area contributed by atoms with Crippen molar-refractivity contribution in [1.29, 1.82) is 0 Å². The number of hydrogen-bond acceptors (Lipinski definition) is 4. The molecule has 1 aliphatic rings. The van der Waals surface area contributed by atoms with Crippen molar-refractivity contribution < 1.29 is 0 Å². The van der Waals surface area contributed by atoms with E-state index in [9.17, 15) is 4.79 Å². The number of hydrogen-bond donors (Lipinski definition) is 0. The summed E-state index contributed by atoms with van der Waals surface area (Å²) in [5.41, 5.74) is 2.83. The quantitative estimate of drug-likeness (QED) is 0.838. The van der Waals surface area contributed by atoms with E-state index in [-0.39, 0.29) is 5.56 Å². The van der Waals surface area contributed by atoms with Gasteiger partial charge in [0.2, 0.25) is 0 Å². The van der Waals surface area contributed by atoms with Crippen molar-refractivity contribution in [2.24, 2.45) is 5.92 Å². The van der Waals surface area contributed by atoms with Crippen molar-refractivity contribution in [3.8, 4) is 11.3 Å². The zero-order valence-electron chi connectivity index (χ0n) is 15.5. The molecule has 25 heavy (non-hydrogen) atoms. The maximum Gasteiger partial charge on any atom is 0.271 e. The van der Waals surface area contributed by atoms with Crippen molar-refractivity contribution in [2.45, 2.75) is 26.9 Å². The first-order valence-electron chi connectivity index (χ1n) is 9.10. The van der Waals surface area contributed by atoms with Gasteiger partial charge in [-0.2, -0.15) is 5.10 Å². The standard InChI is InChI=1S/C20H28N4O/c1-16(2)14-24-20(25)18(15-23-11-9-22(3)10-12-23)13-19(21-24)17-7-5-4-6-8-17/h4-8,13,16H,9-12,14-15H2,1-3H3. The summed E-state index contributed by atoms with van der Waals surface area (Å²) in [7, 11) is 2.15. The van der Waals surface area contributed by atoms with Crippen LogP contribution in [0.2, 0.25) is 0 Å². The second-order valence-electron chi connectivity index (χ2n) is 7.38. The molecule has 5 nitrogen and oxygen atoms in total. The van der Waals surface area contributed by atoms with Crippen LogP contribution in [-0.4, -0.2) is 52.8 Å². The lowest BCUT2D eigenvalue weighted by Gasteiger charge is -2.32. The number of benzene rings is 1. The van der Waals surface area contributed by atoms with Gasteiger partial charge in [-0.25, -0.2) is 4.68 Å². The topological polar surface area (TPSA) is 41.4 Å². The average Bonchev–Trinajstić information content (AvgIpc) is 2.60. The summed E-state index contributed by atoms with van der Waals surface area (Å²) in [4.78, 5) is 17.6. The predicted molar refractivity (Wildman–Crippen MR) is 102 cm³/mol. The molecule has 1 fully saturated rings. The molecule has 0 amide bonds. The second-order valence-corrected chi connectivity index (χ2v) is 7.38. The van der Waals surface area contributed by atoms with E-state index >= 15 is 0 Å². The van der Waals surface area contributed by atoms with Gasteiger partial charge in [-0.3, -0.25) is 9.69 Å². The van der Waals surface area contributed by atoms with Crippen molar-refractivity contribution in [3.05, 3.63) is 52.3 Å². The van der Waals surface area contributed by atoms with E-state index in [1.165, 1.54) is 0 Å². The smallest absolute Gasteiger partial charge is 0.271 e. The summed E-state index contributed by atoms with van der Waals surface area (Å²) < 4.78 is 1.65. The third kappa shape index (κ3) is 4.55. The van der Waals surface area contributed by atoms with E-state index in [2.05, 4.69) is 35.8 Å². The normalized spacial score (nSPS) is 16.5. The molecule has 1 aromatic carbocycles. The first-order valence-corrected chi connectivity index (χ1v) is 9.10. The highest BCUT2D eigenvalue weighted by atomic mass is 16.1. The first kappa shape index (κ1) is 17.8. The Bertz CT molecular complexity index is 746. The Morgan fingerprint density at radius 1 is 1.08 bits per heavy atom. The van der Waals surface area contributed by atoms with Crippen LogP contribution in [0.15, 0.2) is 41.2 Å². The molecule has 1 aliphatic heterocycles. The van der Waals surface area contributed by atoms with Crippen molar-refractivity contribution >= 4 is 0 Å². The first-order chi connectivity index (χ1) is 12.0. The molecule has 0 unspecified atom stereocenters. The van der Waals surface area contributed by atoms with Crippen LogP contribution in [0.4, 0.5) is 0 Å². The fourth-order valence-corrected chi connectivity index (χ4v) is 3.18. The molecule has 2 aromatic rings. The van der Waals surface area contributed by atoms with Crippen molar-refractivity contribution in [1.82, 2.24) is 19.6 Å². The third-order valence-corrected chi connectivity index (χ3v) is 4.65. The lowest BCUT2D eigenvalue weighted by Crippen LogP contribution is -2.45. The van der Waals surface area contributed by atoms with Crippen LogP contribution in [0.5, 0.6) is 0 Å². The molecule has 0 aliphatic carbocycles.